The lowest BCUT2D eigenvalue weighted by atomic mass is 10.1. The molecule has 25 heavy (non-hydrogen) atoms. The standard InChI is InChI=1S/C18H17N3O3S/c1-18(2,3)24-17(23)21-16-14(10-22)20-15(25-16)12-7-6-11-5-4-8-19-13(11)9-12/h4-10H,1-3H3,(H,21,23). The molecular weight excluding hydrogens is 338 g/mol. The second kappa shape index (κ2) is 6.60. The van der Waals surface area contributed by atoms with Gasteiger partial charge in [-0.25, -0.2) is 9.78 Å². The van der Waals surface area contributed by atoms with E-state index in [0.717, 1.165) is 16.5 Å². The Morgan fingerprint density at radius 1 is 1.28 bits per heavy atom. The van der Waals surface area contributed by atoms with Crippen molar-refractivity contribution in [2.45, 2.75) is 26.4 Å². The molecule has 1 aromatic carbocycles. The van der Waals surface area contributed by atoms with Crippen LogP contribution in [0.25, 0.3) is 21.5 Å². The molecule has 0 spiro atoms. The van der Waals surface area contributed by atoms with Gasteiger partial charge in [0, 0.05) is 17.1 Å². The normalized spacial score (nSPS) is 11.3. The van der Waals surface area contributed by atoms with Crippen LogP contribution in [-0.4, -0.2) is 27.9 Å². The van der Waals surface area contributed by atoms with Gasteiger partial charge in [0.2, 0.25) is 0 Å². The summed E-state index contributed by atoms with van der Waals surface area (Å²) in [7, 11) is 0. The highest BCUT2D eigenvalue weighted by molar-refractivity contribution is 7.19. The van der Waals surface area contributed by atoms with Crippen LogP contribution in [0.3, 0.4) is 0 Å². The van der Waals surface area contributed by atoms with Crippen LogP contribution >= 0.6 is 11.3 Å². The summed E-state index contributed by atoms with van der Waals surface area (Å²) in [5.74, 6) is 0. The number of carbonyl (C=O) groups is 2. The van der Waals surface area contributed by atoms with Crippen molar-refractivity contribution in [2.24, 2.45) is 0 Å². The summed E-state index contributed by atoms with van der Waals surface area (Å²) in [6.07, 6.45) is 1.72. The van der Waals surface area contributed by atoms with Crippen LogP contribution in [-0.2, 0) is 4.74 Å². The number of anilines is 1. The average molecular weight is 355 g/mol. The van der Waals surface area contributed by atoms with Gasteiger partial charge >= 0.3 is 6.09 Å². The fourth-order valence-corrected chi connectivity index (χ4v) is 3.14. The molecule has 0 aliphatic heterocycles. The first-order valence-electron chi connectivity index (χ1n) is 7.67. The summed E-state index contributed by atoms with van der Waals surface area (Å²) in [4.78, 5) is 31.9. The third-order valence-electron chi connectivity index (χ3n) is 3.23. The van der Waals surface area contributed by atoms with E-state index in [-0.39, 0.29) is 5.69 Å². The van der Waals surface area contributed by atoms with Crippen molar-refractivity contribution in [3.8, 4) is 10.6 Å². The molecule has 128 valence electrons. The van der Waals surface area contributed by atoms with Crippen molar-refractivity contribution < 1.29 is 14.3 Å². The molecule has 0 atom stereocenters. The van der Waals surface area contributed by atoms with E-state index < -0.39 is 11.7 Å². The highest BCUT2D eigenvalue weighted by Gasteiger charge is 2.20. The molecule has 7 heteroatoms. The van der Waals surface area contributed by atoms with Crippen molar-refractivity contribution in [2.75, 3.05) is 5.32 Å². The number of hydrogen-bond donors (Lipinski definition) is 1. The van der Waals surface area contributed by atoms with Gasteiger partial charge in [-0.15, -0.1) is 0 Å². The molecule has 3 rings (SSSR count). The minimum Gasteiger partial charge on any atom is -0.444 e. The fraction of sp³-hybridized carbons (Fsp3) is 0.222. The highest BCUT2D eigenvalue weighted by atomic mass is 32.1. The SMILES string of the molecule is CC(C)(C)OC(=O)Nc1sc(-c2ccc3cccnc3c2)nc1C=O. The minimum atomic E-state index is -0.622. The van der Waals surface area contributed by atoms with Crippen LogP contribution in [0.1, 0.15) is 31.3 Å². The number of aromatic nitrogens is 2. The number of fused-ring (bicyclic) bond motifs is 1. The average Bonchev–Trinajstić information content (AvgIpc) is 2.95. The van der Waals surface area contributed by atoms with Crippen molar-refractivity contribution in [1.82, 2.24) is 9.97 Å². The van der Waals surface area contributed by atoms with Gasteiger partial charge in [-0.2, -0.15) is 0 Å². The minimum absolute atomic E-state index is 0.173. The number of ether oxygens (including phenoxy) is 1. The zero-order chi connectivity index (χ0) is 18.0. The van der Waals surface area contributed by atoms with E-state index in [4.69, 9.17) is 4.74 Å². The number of carbonyl (C=O) groups excluding carboxylic acids is 2. The maximum atomic E-state index is 11.9. The predicted molar refractivity (Wildman–Crippen MR) is 98.1 cm³/mol. The fourth-order valence-electron chi connectivity index (χ4n) is 2.22. The molecule has 0 aliphatic rings. The molecule has 0 fully saturated rings. The summed E-state index contributed by atoms with van der Waals surface area (Å²) in [5, 5.41) is 4.60. The van der Waals surface area contributed by atoms with Gasteiger partial charge < -0.3 is 4.74 Å². The number of aldehydes is 1. The molecule has 6 nitrogen and oxygen atoms in total. The number of hydrogen-bond acceptors (Lipinski definition) is 6. The predicted octanol–water partition coefficient (Wildman–Crippen LogP) is 4.52. The number of amides is 1. The van der Waals surface area contributed by atoms with Crippen LogP contribution < -0.4 is 5.32 Å². The first-order chi connectivity index (χ1) is 11.9. The van der Waals surface area contributed by atoms with Gasteiger partial charge in [-0.1, -0.05) is 29.5 Å². The zero-order valence-electron chi connectivity index (χ0n) is 14.1. The van der Waals surface area contributed by atoms with Crippen LogP contribution in [0.15, 0.2) is 36.5 Å². The van der Waals surface area contributed by atoms with E-state index in [1.807, 2.05) is 30.3 Å². The second-order valence-corrected chi connectivity index (χ2v) is 7.39. The Labute approximate surface area is 148 Å². The molecule has 1 N–H and O–H groups in total. The Hall–Kier alpha value is -2.80. The highest BCUT2D eigenvalue weighted by Crippen LogP contribution is 2.33. The lowest BCUT2D eigenvalue weighted by Gasteiger charge is -2.19. The van der Waals surface area contributed by atoms with E-state index in [1.165, 1.54) is 11.3 Å². The third-order valence-corrected chi connectivity index (χ3v) is 4.27. The van der Waals surface area contributed by atoms with Crippen molar-refractivity contribution >= 4 is 39.6 Å². The second-order valence-electron chi connectivity index (χ2n) is 6.39. The molecule has 2 aromatic heterocycles. The van der Waals surface area contributed by atoms with Crippen molar-refractivity contribution in [1.29, 1.82) is 0 Å². The quantitative estimate of drug-likeness (QED) is 0.699. The summed E-state index contributed by atoms with van der Waals surface area (Å²) < 4.78 is 5.22. The monoisotopic (exact) mass is 355 g/mol. The summed E-state index contributed by atoms with van der Waals surface area (Å²) >= 11 is 1.22. The van der Waals surface area contributed by atoms with Gasteiger partial charge in [0.05, 0.1) is 5.52 Å². The smallest absolute Gasteiger partial charge is 0.412 e. The first-order valence-corrected chi connectivity index (χ1v) is 8.48. The van der Waals surface area contributed by atoms with E-state index in [0.29, 0.717) is 16.3 Å². The molecule has 0 aliphatic carbocycles. The van der Waals surface area contributed by atoms with Crippen LogP contribution in [0.2, 0.25) is 0 Å². The number of benzene rings is 1. The third kappa shape index (κ3) is 4.00. The van der Waals surface area contributed by atoms with Gasteiger partial charge in [-0.3, -0.25) is 15.1 Å². The summed E-state index contributed by atoms with van der Waals surface area (Å²) in [5.41, 5.74) is 1.22. The molecule has 1 amide bonds. The number of rotatable bonds is 3. The van der Waals surface area contributed by atoms with E-state index >= 15 is 0 Å². The molecule has 3 aromatic rings. The Morgan fingerprint density at radius 2 is 2.08 bits per heavy atom. The van der Waals surface area contributed by atoms with Crippen molar-refractivity contribution in [3.05, 3.63) is 42.2 Å². The summed E-state index contributed by atoms with van der Waals surface area (Å²) in [6, 6.07) is 9.61. The van der Waals surface area contributed by atoms with Crippen LogP contribution in [0, 0.1) is 0 Å². The maximum absolute atomic E-state index is 11.9. The van der Waals surface area contributed by atoms with Gasteiger partial charge in [0.15, 0.2) is 6.29 Å². The number of thiazole rings is 1. The lowest BCUT2D eigenvalue weighted by molar-refractivity contribution is 0.0636. The Morgan fingerprint density at radius 3 is 2.80 bits per heavy atom. The van der Waals surface area contributed by atoms with E-state index in [9.17, 15) is 9.59 Å². The maximum Gasteiger partial charge on any atom is 0.412 e. The molecule has 0 bridgehead atoms. The zero-order valence-corrected chi connectivity index (χ0v) is 14.9. The summed E-state index contributed by atoms with van der Waals surface area (Å²) in [6.45, 7) is 5.31. The molecule has 0 unspecified atom stereocenters. The van der Waals surface area contributed by atoms with Crippen LogP contribution in [0.5, 0.6) is 0 Å². The van der Waals surface area contributed by atoms with Crippen LogP contribution in [0.4, 0.5) is 9.80 Å². The number of pyridine rings is 1. The lowest BCUT2D eigenvalue weighted by Crippen LogP contribution is -2.27. The van der Waals surface area contributed by atoms with Crippen molar-refractivity contribution in [3.63, 3.8) is 0 Å². The molecule has 0 saturated carbocycles. The van der Waals surface area contributed by atoms with Gasteiger partial charge in [0.1, 0.15) is 21.3 Å². The largest absolute Gasteiger partial charge is 0.444 e. The molecule has 0 saturated heterocycles. The number of nitrogens with zero attached hydrogens (tertiary/aromatic N) is 2. The number of nitrogens with one attached hydrogen (secondary N) is 1. The van der Waals surface area contributed by atoms with E-state index in [1.54, 1.807) is 27.0 Å². The Kier molecular flexibility index (Phi) is 4.50. The van der Waals surface area contributed by atoms with E-state index in [2.05, 4.69) is 15.3 Å². The topological polar surface area (TPSA) is 81.2 Å². The molecule has 0 radical (unpaired) electrons. The van der Waals surface area contributed by atoms with Gasteiger partial charge in [-0.05, 0) is 32.9 Å². The van der Waals surface area contributed by atoms with Gasteiger partial charge in [0.25, 0.3) is 0 Å². The molecular formula is C18H17N3O3S. The molecule has 2 heterocycles. The Bertz CT molecular complexity index is 944. The first kappa shape index (κ1) is 17.0. The Balaban J connectivity index is 1.91.